The lowest BCUT2D eigenvalue weighted by atomic mass is 9.95. The molecule has 1 unspecified atom stereocenters. The molecule has 1 fully saturated rings. The van der Waals surface area contributed by atoms with Crippen LogP contribution in [0.1, 0.15) is 37.0 Å². The van der Waals surface area contributed by atoms with E-state index >= 15 is 0 Å². The number of methoxy groups -OCH3 is 1. The van der Waals surface area contributed by atoms with Crippen LogP contribution >= 0.6 is 11.6 Å². The number of nitrogens with zero attached hydrogens (tertiary/aromatic N) is 1. The SMILES string of the molecule is CCCC(C)(NC(=O)c1ccc(Cl)c(S(=O)(=O)N2CCOCC2)c1)C(=O)OC. The van der Waals surface area contributed by atoms with E-state index < -0.39 is 27.4 Å². The third kappa shape index (κ3) is 4.83. The minimum Gasteiger partial charge on any atom is -0.467 e. The number of halogens is 1. The van der Waals surface area contributed by atoms with Gasteiger partial charge in [0.05, 0.1) is 25.3 Å². The Morgan fingerprint density at radius 3 is 2.54 bits per heavy atom. The lowest BCUT2D eigenvalue weighted by molar-refractivity contribution is -0.147. The Morgan fingerprint density at radius 2 is 1.96 bits per heavy atom. The fraction of sp³-hybridized carbons (Fsp3) is 0.556. The number of esters is 1. The molecule has 0 aliphatic carbocycles. The Morgan fingerprint density at radius 1 is 1.32 bits per heavy atom. The van der Waals surface area contributed by atoms with Crippen molar-refractivity contribution in [1.29, 1.82) is 0 Å². The number of rotatable bonds is 7. The largest absolute Gasteiger partial charge is 0.467 e. The van der Waals surface area contributed by atoms with E-state index in [1.54, 1.807) is 6.92 Å². The highest BCUT2D eigenvalue weighted by molar-refractivity contribution is 7.89. The van der Waals surface area contributed by atoms with Crippen molar-refractivity contribution in [3.8, 4) is 0 Å². The number of carbonyl (C=O) groups is 2. The van der Waals surface area contributed by atoms with Gasteiger partial charge < -0.3 is 14.8 Å². The Kier molecular flexibility index (Phi) is 7.44. The predicted octanol–water partition coefficient (Wildman–Crippen LogP) is 1.82. The first-order valence-electron chi connectivity index (χ1n) is 8.94. The molecular weight excluding hydrogens is 408 g/mol. The van der Waals surface area contributed by atoms with Crippen LogP contribution in [-0.2, 0) is 24.3 Å². The van der Waals surface area contributed by atoms with E-state index in [0.717, 1.165) is 0 Å². The molecule has 0 spiro atoms. The van der Waals surface area contributed by atoms with Gasteiger partial charge in [0.1, 0.15) is 10.4 Å². The minimum atomic E-state index is -3.87. The second-order valence-electron chi connectivity index (χ2n) is 6.69. The zero-order chi connectivity index (χ0) is 20.9. The van der Waals surface area contributed by atoms with Crippen molar-refractivity contribution in [2.75, 3.05) is 33.4 Å². The first-order valence-corrected chi connectivity index (χ1v) is 10.8. The van der Waals surface area contributed by atoms with Crippen LogP contribution in [0, 0.1) is 0 Å². The van der Waals surface area contributed by atoms with Crippen LogP contribution in [0.15, 0.2) is 23.1 Å². The Bertz CT molecular complexity index is 838. The van der Waals surface area contributed by atoms with Crippen LogP contribution in [-0.4, -0.2) is 63.6 Å². The van der Waals surface area contributed by atoms with Gasteiger partial charge in [0, 0.05) is 18.7 Å². The number of nitrogens with one attached hydrogen (secondary N) is 1. The van der Waals surface area contributed by atoms with E-state index in [1.807, 2.05) is 6.92 Å². The fourth-order valence-electron chi connectivity index (χ4n) is 3.03. The van der Waals surface area contributed by atoms with Crippen molar-refractivity contribution in [1.82, 2.24) is 9.62 Å². The molecule has 156 valence electrons. The molecule has 1 N–H and O–H groups in total. The van der Waals surface area contributed by atoms with Crippen LogP contribution in [0.5, 0.6) is 0 Å². The van der Waals surface area contributed by atoms with Gasteiger partial charge >= 0.3 is 5.97 Å². The van der Waals surface area contributed by atoms with Gasteiger partial charge in [-0.25, -0.2) is 13.2 Å². The minimum absolute atomic E-state index is 0.0207. The van der Waals surface area contributed by atoms with Crippen molar-refractivity contribution in [3.63, 3.8) is 0 Å². The molecular formula is C18H25ClN2O6S. The molecule has 0 aromatic heterocycles. The van der Waals surface area contributed by atoms with Gasteiger partial charge in [-0.1, -0.05) is 24.9 Å². The number of hydrogen-bond acceptors (Lipinski definition) is 6. The van der Waals surface area contributed by atoms with E-state index in [1.165, 1.54) is 29.6 Å². The monoisotopic (exact) mass is 432 g/mol. The number of morpholine rings is 1. The Hall–Kier alpha value is -1.68. The van der Waals surface area contributed by atoms with E-state index in [4.69, 9.17) is 21.1 Å². The first kappa shape index (κ1) is 22.6. The lowest BCUT2D eigenvalue weighted by Crippen LogP contribution is -2.52. The maximum atomic E-state index is 12.9. The standard InChI is InChI=1S/C18H25ClN2O6S/c1-4-7-18(2,17(23)26-3)20-16(22)13-5-6-14(19)15(12-13)28(24,25)21-8-10-27-11-9-21/h5-6,12H,4,7-11H2,1-3H3,(H,20,22). The lowest BCUT2D eigenvalue weighted by Gasteiger charge is -2.28. The number of benzene rings is 1. The molecule has 0 radical (unpaired) electrons. The summed E-state index contributed by atoms with van der Waals surface area (Å²) in [5, 5.41) is 2.67. The Balaban J connectivity index is 2.33. The highest BCUT2D eigenvalue weighted by Gasteiger charge is 2.36. The molecule has 1 saturated heterocycles. The van der Waals surface area contributed by atoms with Crippen LogP contribution < -0.4 is 5.32 Å². The molecule has 1 amide bonds. The predicted molar refractivity (Wildman–Crippen MR) is 104 cm³/mol. The molecule has 1 aliphatic rings. The summed E-state index contributed by atoms with van der Waals surface area (Å²) in [4.78, 5) is 24.7. The second-order valence-corrected chi connectivity index (χ2v) is 9.00. The van der Waals surface area contributed by atoms with Crippen molar-refractivity contribution in [2.24, 2.45) is 0 Å². The average Bonchev–Trinajstić information content (AvgIpc) is 2.68. The second kappa shape index (κ2) is 9.21. The van der Waals surface area contributed by atoms with Crippen molar-refractivity contribution in [2.45, 2.75) is 37.1 Å². The van der Waals surface area contributed by atoms with Crippen LogP contribution in [0.4, 0.5) is 0 Å². The van der Waals surface area contributed by atoms with Crippen LogP contribution in [0.3, 0.4) is 0 Å². The molecule has 1 heterocycles. The van der Waals surface area contributed by atoms with Crippen LogP contribution in [0.2, 0.25) is 5.02 Å². The normalized spacial score (nSPS) is 17.6. The topological polar surface area (TPSA) is 102 Å². The third-order valence-electron chi connectivity index (χ3n) is 4.56. The van der Waals surface area contributed by atoms with Gasteiger partial charge in [-0.2, -0.15) is 4.31 Å². The van der Waals surface area contributed by atoms with Gasteiger partial charge in [-0.3, -0.25) is 4.79 Å². The fourth-order valence-corrected chi connectivity index (χ4v) is 4.94. The zero-order valence-corrected chi connectivity index (χ0v) is 17.7. The van der Waals surface area contributed by atoms with Crippen molar-refractivity contribution < 1.29 is 27.5 Å². The number of hydrogen-bond donors (Lipinski definition) is 1. The number of amides is 1. The van der Waals surface area contributed by atoms with Gasteiger partial charge in [-0.05, 0) is 31.5 Å². The number of ether oxygens (including phenoxy) is 2. The molecule has 0 saturated carbocycles. The van der Waals surface area contributed by atoms with Gasteiger partial charge in [0.2, 0.25) is 10.0 Å². The van der Waals surface area contributed by atoms with Gasteiger partial charge in [-0.15, -0.1) is 0 Å². The summed E-state index contributed by atoms with van der Waals surface area (Å²) in [6.07, 6.45) is 1.01. The molecule has 1 aromatic carbocycles. The molecule has 0 bridgehead atoms. The van der Waals surface area contributed by atoms with E-state index in [2.05, 4.69) is 5.32 Å². The van der Waals surface area contributed by atoms with Gasteiger partial charge in [0.15, 0.2) is 0 Å². The van der Waals surface area contributed by atoms with Crippen LogP contribution in [0.25, 0.3) is 0 Å². The smallest absolute Gasteiger partial charge is 0.331 e. The highest BCUT2D eigenvalue weighted by Crippen LogP contribution is 2.27. The summed E-state index contributed by atoms with van der Waals surface area (Å²) in [6, 6.07) is 4.00. The average molecular weight is 433 g/mol. The molecule has 1 aromatic rings. The summed E-state index contributed by atoms with van der Waals surface area (Å²) in [5.74, 6) is -1.16. The summed E-state index contributed by atoms with van der Waals surface area (Å²) in [5.41, 5.74) is -1.13. The maximum Gasteiger partial charge on any atom is 0.331 e. The summed E-state index contributed by atoms with van der Waals surface area (Å²) < 4.78 is 37.1. The molecule has 10 heteroatoms. The summed E-state index contributed by atoms with van der Waals surface area (Å²) >= 11 is 6.12. The molecule has 8 nitrogen and oxygen atoms in total. The summed E-state index contributed by atoms with van der Waals surface area (Å²) in [7, 11) is -2.63. The molecule has 1 aliphatic heterocycles. The van der Waals surface area contributed by atoms with E-state index in [-0.39, 0.29) is 28.6 Å². The number of sulfonamides is 1. The maximum absolute atomic E-state index is 12.9. The molecule has 1 atom stereocenters. The highest BCUT2D eigenvalue weighted by atomic mass is 35.5. The Labute approximate surface area is 170 Å². The number of carbonyl (C=O) groups excluding carboxylic acids is 2. The molecule has 28 heavy (non-hydrogen) atoms. The van der Waals surface area contributed by atoms with Crippen molar-refractivity contribution in [3.05, 3.63) is 28.8 Å². The quantitative estimate of drug-likeness (QED) is 0.659. The first-order chi connectivity index (χ1) is 13.2. The van der Waals surface area contributed by atoms with Crippen molar-refractivity contribution >= 4 is 33.5 Å². The van der Waals surface area contributed by atoms with E-state index in [0.29, 0.717) is 26.1 Å². The molecule has 2 rings (SSSR count). The summed E-state index contributed by atoms with van der Waals surface area (Å²) in [6.45, 7) is 4.47. The zero-order valence-electron chi connectivity index (χ0n) is 16.2. The van der Waals surface area contributed by atoms with E-state index in [9.17, 15) is 18.0 Å². The van der Waals surface area contributed by atoms with Gasteiger partial charge in [0.25, 0.3) is 5.91 Å². The third-order valence-corrected chi connectivity index (χ3v) is 6.94.